The van der Waals surface area contributed by atoms with E-state index in [2.05, 4.69) is 15.1 Å². The van der Waals surface area contributed by atoms with Gasteiger partial charge in [-0.05, 0) is 49.6 Å². The summed E-state index contributed by atoms with van der Waals surface area (Å²) >= 11 is 0. The number of rotatable bonds is 5. The molecule has 4 aromatic rings. The van der Waals surface area contributed by atoms with Crippen molar-refractivity contribution < 1.29 is 9.47 Å². The van der Waals surface area contributed by atoms with E-state index < -0.39 is 0 Å². The number of hydrogen-bond donors (Lipinski definition) is 0. The number of methoxy groups -OCH3 is 2. The number of benzene rings is 2. The summed E-state index contributed by atoms with van der Waals surface area (Å²) in [6.45, 7) is 4.24. The molecule has 0 N–H and O–H groups in total. The number of aryl methyl sites for hydroxylation is 1. The molecule has 0 saturated carbocycles. The SMILES string of the molecule is COc1ccc(Cn2c(=O)c3cc(C)ccc3n3c(N4CCCC4)nnc23)cc1OC. The third-order valence-corrected chi connectivity index (χ3v) is 5.92. The second kappa shape index (κ2) is 7.61. The Bertz CT molecular complexity index is 1330. The molecule has 31 heavy (non-hydrogen) atoms. The van der Waals surface area contributed by atoms with Crippen LogP contribution in [0.25, 0.3) is 16.7 Å². The number of nitrogens with zero attached hydrogens (tertiary/aromatic N) is 5. The van der Waals surface area contributed by atoms with Gasteiger partial charge in [0, 0.05) is 13.1 Å². The fourth-order valence-corrected chi connectivity index (χ4v) is 4.34. The van der Waals surface area contributed by atoms with E-state index in [1.807, 2.05) is 47.7 Å². The molecule has 1 aliphatic heterocycles. The third-order valence-electron chi connectivity index (χ3n) is 5.92. The summed E-state index contributed by atoms with van der Waals surface area (Å²) < 4.78 is 14.5. The third kappa shape index (κ3) is 3.19. The van der Waals surface area contributed by atoms with Crippen LogP contribution in [0.4, 0.5) is 5.95 Å². The van der Waals surface area contributed by atoms with E-state index in [9.17, 15) is 4.79 Å². The van der Waals surface area contributed by atoms with Crippen molar-refractivity contribution in [2.45, 2.75) is 26.3 Å². The van der Waals surface area contributed by atoms with Crippen LogP contribution in [0.3, 0.4) is 0 Å². The van der Waals surface area contributed by atoms with E-state index in [1.165, 1.54) is 0 Å². The monoisotopic (exact) mass is 419 g/mol. The van der Waals surface area contributed by atoms with Crippen LogP contribution >= 0.6 is 0 Å². The van der Waals surface area contributed by atoms with Gasteiger partial charge in [0.2, 0.25) is 11.7 Å². The number of hydrogen-bond acceptors (Lipinski definition) is 6. The van der Waals surface area contributed by atoms with Crippen molar-refractivity contribution in [2.75, 3.05) is 32.2 Å². The zero-order valence-corrected chi connectivity index (χ0v) is 18.0. The summed E-state index contributed by atoms with van der Waals surface area (Å²) in [4.78, 5) is 15.8. The Morgan fingerprint density at radius 1 is 0.968 bits per heavy atom. The van der Waals surface area contributed by atoms with Crippen LogP contribution in [-0.4, -0.2) is 46.5 Å². The fraction of sp³-hybridized carbons (Fsp3) is 0.348. The first kappa shape index (κ1) is 19.4. The maximum absolute atomic E-state index is 13.5. The smallest absolute Gasteiger partial charge is 0.263 e. The zero-order chi connectivity index (χ0) is 21.5. The van der Waals surface area contributed by atoms with Crippen LogP contribution in [0.5, 0.6) is 11.5 Å². The number of aromatic nitrogens is 4. The predicted octanol–water partition coefficient (Wildman–Crippen LogP) is 3.02. The van der Waals surface area contributed by atoms with E-state index in [1.54, 1.807) is 18.8 Å². The standard InChI is InChI=1S/C23H25N5O3/c1-15-6-8-18-17(12-15)21(29)27(14-16-7-9-19(30-2)20(13-16)31-3)23-25-24-22(28(18)23)26-10-4-5-11-26/h6-9,12-13H,4-5,10-11,14H2,1-3H3. The molecular formula is C23H25N5O3. The maximum atomic E-state index is 13.5. The van der Waals surface area contributed by atoms with Crippen molar-refractivity contribution >= 4 is 22.6 Å². The van der Waals surface area contributed by atoms with Crippen LogP contribution in [-0.2, 0) is 6.54 Å². The summed E-state index contributed by atoms with van der Waals surface area (Å²) in [6.07, 6.45) is 2.27. The Balaban J connectivity index is 1.74. The van der Waals surface area contributed by atoms with Gasteiger partial charge in [-0.15, -0.1) is 10.2 Å². The summed E-state index contributed by atoms with van der Waals surface area (Å²) in [7, 11) is 3.21. The quantitative estimate of drug-likeness (QED) is 0.495. The van der Waals surface area contributed by atoms with Gasteiger partial charge in [-0.25, -0.2) is 4.40 Å². The summed E-state index contributed by atoms with van der Waals surface area (Å²) in [5.74, 6) is 2.61. The van der Waals surface area contributed by atoms with Crippen LogP contribution in [0.15, 0.2) is 41.2 Å². The molecule has 8 nitrogen and oxygen atoms in total. The summed E-state index contributed by atoms with van der Waals surface area (Å²) in [5.41, 5.74) is 2.71. The van der Waals surface area contributed by atoms with Gasteiger partial charge >= 0.3 is 0 Å². The van der Waals surface area contributed by atoms with E-state index >= 15 is 0 Å². The molecule has 0 radical (unpaired) electrons. The van der Waals surface area contributed by atoms with E-state index in [0.717, 1.165) is 48.5 Å². The van der Waals surface area contributed by atoms with Crippen LogP contribution < -0.4 is 19.9 Å². The van der Waals surface area contributed by atoms with Gasteiger partial charge in [0.1, 0.15) is 0 Å². The largest absolute Gasteiger partial charge is 0.493 e. The normalized spacial score (nSPS) is 14.0. The molecule has 1 fully saturated rings. The van der Waals surface area contributed by atoms with Crippen LogP contribution in [0, 0.1) is 6.92 Å². The lowest BCUT2D eigenvalue weighted by atomic mass is 10.1. The Kier molecular flexibility index (Phi) is 4.77. The van der Waals surface area contributed by atoms with Gasteiger partial charge in [-0.3, -0.25) is 9.36 Å². The Morgan fingerprint density at radius 3 is 2.48 bits per heavy atom. The van der Waals surface area contributed by atoms with Crippen LogP contribution in [0.2, 0.25) is 0 Å². The molecule has 2 aromatic heterocycles. The van der Waals surface area contributed by atoms with E-state index in [4.69, 9.17) is 9.47 Å². The van der Waals surface area contributed by atoms with Gasteiger partial charge in [-0.1, -0.05) is 17.7 Å². The molecule has 2 aromatic carbocycles. The average Bonchev–Trinajstić information content (AvgIpc) is 3.46. The van der Waals surface area contributed by atoms with Crippen LogP contribution in [0.1, 0.15) is 24.0 Å². The maximum Gasteiger partial charge on any atom is 0.263 e. The lowest BCUT2D eigenvalue weighted by Gasteiger charge is -2.17. The van der Waals surface area contributed by atoms with Gasteiger partial charge in [0.25, 0.3) is 5.56 Å². The predicted molar refractivity (Wildman–Crippen MR) is 120 cm³/mol. The zero-order valence-electron chi connectivity index (χ0n) is 18.0. The van der Waals surface area contributed by atoms with Crippen molar-refractivity contribution in [3.8, 4) is 11.5 Å². The highest BCUT2D eigenvalue weighted by atomic mass is 16.5. The minimum absolute atomic E-state index is 0.0821. The molecule has 0 aliphatic carbocycles. The lowest BCUT2D eigenvalue weighted by Crippen LogP contribution is -2.26. The molecule has 3 heterocycles. The molecule has 1 saturated heterocycles. The second-order valence-electron chi connectivity index (χ2n) is 7.93. The van der Waals surface area contributed by atoms with E-state index in [0.29, 0.717) is 29.2 Å². The average molecular weight is 419 g/mol. The van der Waals surface area contributed by atoms with Gasteiger partial charge in [0.15, 0.2) is 11.5 Å². The minimum atomic E-state index is -0.0821. The molecule has 0 atom stereocenters. The number of fused-ring (bicyclic) bond motifs is 3. The fourth-order valence-electron chi connectivity index (χ4n) is 4.34. The van der Waals surface area contributed by atoms with Gasteiger partial charge in [0.05, 0.1) is 31.7 Å². The summed E-state index contributed by atoms with van der Waals surface area (Å²) in [6, 6.07) is 11.6. The van der Waals surface area contributed by atoms with Crippen molar-refractivity contribution in [1.82, 2.24) is 19.2 Å². The highest BCUT2D eigenvalue weighted by molar-refractivity contribution is 5.82. The molecular weight excluding hydrogens is 394 g/mol. The first-order chi connectivity index (χ1) is 15.1. The van der Waals surface area contributed by atoms with Gasteiger partial charge < -0.3 is 14.4 Å². The molecule has 0 amide bonds. The molecule has 0 unspecified atom stereocenters. The van der Waals surface area contributed by atoms with Crippen molar-refractivity contribution in [3.63, 3.8) is 0 Å². The topological polar surface area (TPSA) is 73.9 Å². The van der Waals surface area contributed by atoms with E-state index in [-0.39, 0.29) is 5.56 Å². The minimum Gasteiger partial charge on any atom is -0.493 e. The van der Waals surface area contributed by atoms with Gasteiger partial charge in [-0.2, -0.15) is 0 Å². The highest BCUT2D eigenvalue weighted by Gasteiger charge is 2.22. The molecule has 0 bridgehead atoms. The Hall–Kier alpha value is -3.55. The molecule has 160 valence electrons. The number of ether oxygens (including phenoxy) is 2. The first-order valence-electron chi connectivity index (χ1n) is 10.4. The Morgan fingerprint density at radius 2 is 1.74 bits per heavy atom. The lowest BCUT2D eigenvalue weighted by molar-refractivity contribution is 0.354. The molecule has 5 rings (SSSR count). The van der Waals surface area contributed by atoms with Crippen molar-refractivity contribution in [2.24, 2.45) is 0 Å². The molecule has 8 heteroatoms. The Labute approximate surface area is 179 Å². The van der Waals surface area contributed by atoms with Crippen molar-refractivity contribution in [3.05, 3.63) is 57.9 Å². The molecule has 1 aliphatic rings. The highest BCUT2D eigenvalue weighted by Crippen LogP contribution is 2.29. The molecule has 0 spiro atoms. The number of anilines is 1. The summed E-state index contributed by atoms with van der Waals surface area (Å²) in [5, 5.41) is 9.60. The van der Waals surface area contributed by atoms with Crippen molar-refractivity contribution in [1.29, 1.82) is 0 Å². The second-order valence-corrected chi connectivity index (χ2v) is 7.93. The first-order valence-corrected chi connectivity index (χ1v) is 10.4.